The highest BCUT2D eigenvalue weighted by molar-refractivity contribution is 7.85. The van der Waals surface area contributed by atoms with Crippen molar-refractivity contribution in [2.75, 3.05) is 13.1 Å². The van der Waals surface area contributed by atoms with Crippen LogP contribution in [-0.4, -0.2) is 21.6 Å². The third-order valence-corrected chi connectivity index (χ3v) is 3.30. The lowest BCUT2D eigenvalue weighted by Gasteiger charge is -2.12. The van der Waals surface area contributed by atoms with E-state index in [2.05, 4.69) is 6.92 Å². The Hall–Kier alpha value is -0.150. The number of hydrogen-bond acceptors (Lipinski definition) is 1. The van der Waals surface area contributed by atoms with Crippen LogP contribution in [0.15, 0.2) is 11.5 Å². The Morgan fingerprint density at radius 1 is 1.42 bits per heavy atom. The van der Waals surface area contributed by atoms with Gasteiger partial charge in [-0.05, 0) is 6.42 Å². The van der Waals surface area contributed by atoms with E-state index in [4.69, 9.17) is 0 Å². The topological polar surface area (TPSA) is 20.3 Å². The minimum atomic E-state index is -0.813. The molecule has 1 atom stereocenters. The molecule has 0 aromatic rings. The van der Waals surface area contributed by atoms with Crippen LogP contribution in [0.2, 0.25) is 0 Å². The summed E-state index contributed by atoms with van der Waals surface area (Å²) < 4.78 is 13.2. The molecule has 0 fully saturated rings. The molecule has 0 saturated heterocycles. The van der Waals surface area contributed by atoms with Crippen molar-refractivity contribution in [3.05, 3.63) is 11.5 Å². The Labute approximate surface area is 77.2 Å². The Morgan fingerprint density at radius 2 is 2.25 bits per heavy atom. The molecular weight excluding hydrogens is 170 g/mol. The summed E-state index contributed by atoms with van der Waals surface area (Å²) in [6.07, 6.45) is 7.00. The second kappa shape index (κ2) is 5.49. The van der Waals surface area contributed by atoms with Crippen molar-refractivity contribution in [2.24, 2.45) is 0 Å². The van der Waals surface area contributed by atoms with E-state index in [1.165, 1.54) is 25.7 Å². The lowest BCUT2D eigenvalue weighted by molar-refractivity contribution is 0.470. The summed E-state index contributed by atoms with van der Waals surface area (Å²) in [7, 11) is -0.813. The molecule has 0 aliphatic carbocycles. The van der Waals surface area contributed by atoms with Gasteiger partial charge in [-0.1, -0.05) is 32.3 Å². The molecule has 0 aromatic heterocycles. The first-order valence-electron chi connectivity index (χ1n) is 4.67. The van der Waals surface area contributed by atoms with Crippen LogP contribution in [0.25, 0.3) is 0 Å². The quantitative estimate of drug-likeness (QED) is 0.603. The van der Waals surface area contributed by atoms with Gasteiger partial charge in [0.05, 0.1) is 0 Å². The zero-order valence-corrected chi connectivity index (χ0v) is 8.48. The van der Waals surface area contributed by atoms with Gasteiger partial charge in [0.25, 0.3) is 0 Å². The molecule has 0 spiro atoms. The SMILES string of the molecule is CCCCCCN1CC=CS1=O. The number of rotatable bonds is 5. The van der Waals surface area contributed by atoms with Crippen molar-refractivity contribution in [3.63, 3.8) is 0 Å². The Bertz CT molecular complexity index is 179. The summed E-state index contributed by atoms with van der Waals surface area (Å²) in [6.45, 7) is 4.06. The standard InChI is InChI=1S/C9H17NOS/c1-2-3-4-5-7-10-8-6-9-12(10)11/h6,9H,2-5,7-8H2,1H3. The lowest BCUT2D eigenvalue weighted by atomic mass is 10.2. The van der Waals surface area contributed by atoms with E-state index < -0.39 is 11.0 Å². The molecule has 0 radical (unpaired) electrons. The summed E-state index contributed by atoms with van der Waals surface area (Å²) in [6, 6.07) is 0. The molecule has 12 heavy (non-hydrogen) atoms. The summed E-state index contributed by atoms with van der Waals surface area (Å²) in [5.41, 5.74) is 0. The number of hydrogen-bond donors (Lipinski definition) is 0. The van der Waals surface area contributed by atoms with E-state index >= 15 is 0 Å². The molecule has 1 rings (SSSR count). The molecule has 0 saturated carbocycles. The van der Waals surface area contributed by atoms with Gasteiger partial charge in [-0.3, -0.25) is 0 Å². The minimum Gasteiger partial charge on any atom is -0.238 e. The van der Waals surface area contributed by atoms with Crippen LogP contribution in [0.1, 0.15) is 32.6 Å². The van der Waals surface area contributed by atoms with Gasteiger partial charge in [-0.15, -0.1) is 0 Å². The van der Waals surface area contributed by atoms with Crippen molar-refractivity contribution < 1.29 is 4.21 Å². The van der Waals surface area contributed by atoms with E-state index in [1.807, 2.05) is 10.4 Å². The maximum atomic E-state index is 11.2. The van der Waals surface area contributed by atoms with E-state index in [9.17, 15) is 4.21 Å². The average Bonchev–Trinajstić information content (AvgIpc) is 2.46. The van der Waals surface area contributed by atoms with Crippen LogP contribution in [0.3, 0.4) is 0 Å². The molecular formula is C9H17NOS. The lowest BCUT2D eigenvalue weighted by Crippen LogP contribution is -2.21. The van der Waals surface area contributed by atoms with Gasteiger partial charge >= 0.3 is 0 Å². The van der Waals surface area contributed by atoms with Crippen LogP contribution in [0.5, 0.6) is 0 Å². The highest BCUT2D eigenvalue weighted by atomic mass is 32.2. The Morgan fingerprint density at radius 3 is 2.83 bits per heavy atom. The van der Waals surface area contributed by atoms with Gasteiger partial charge in [-0.25, -0.2) is 8.51 Å². The van der Waals surface area contributed by atoms with Crippen molar-refractivity contribution >= 4 is 11.0 Å². The van der Waals surface area contributed by atoms with E-state index in [0.29, 0.717) is 0 Å². The smallest absolute Gasteiger partial charge is 0.120 e. The predicted octanol–water partition coefficient (Wildman–Crippen LogP) is 2.06. The molecule has 0 N–H and O–H groups in total. The van der Waals surface area contributed by atoms with Crippen molar-refractivity contribution in [1.82, 2.24) is 4.31 Å². The van der Waals surface area contributed by atoms with Crippen LogP contribution in [0.4, 0.5) is 0 Å². The second-order valence-corrected chi connectivity index (χ2v) is 4.44. The van der Waals surface area contributed by atoms with E-state index in [0.717, 1.165) is 13.1 Å². The fourth-order valence-corrected chi connectivity index (χ4v) is 2.26. The first kappa shape index (κ1) is 9.93. The van der Waals surface area contributed by atoms with Gasteiger partial charge < -0.3 is 0 Å². The largest absolute Gasteiger partial charge is 0.238 e. The van der Waals surface area contributed by atoms with Crippen LogP contribution < -0.4 is 0 Å². The average molecular weight is 187 g/mol. The fraction of sp³-hybridized carbons (Fsp3) is 0.778. The summed E-state index contributed by atoms with van der Waals surface area (Å²) >= 11 is 0. The zero-order chi connectivity index (χ0) is 8.81. The van der Waals surface area contributed by atoms with Gasteiger partial charge in [0, 0.05) is 18.5 Å². The van der Waals surface area contributed by atoms with Gasteiger partial charge in [-0.2, -0.15) is 0 Å². The summed E-state index contributed by atoms with van der Waals surface area (Å²) in [5.74, 6) is 0. The highest BCUT2D eigenvalue weighted by Gasteiger charge is 2.12. The maximum Gasteiger partial charge on any atom is 0.120 e. The molecule has 1 aliphatic rings. The molecule has 1 aliphatic heterocycles. The number of unbranched alkanes of at least 4 members (excludes halogenated alkanes) is 3. The predicted molar refractivity (Wildman–Crippen MR) is 53.0 cm³/mol. The molecule has 3 heteroatoms. The van der Waals surface area contributed by atoms with Gasteiger partial charge in [0.15, 0.2) is 0 Å². The van der Waals surface area contributed by atoms with Gasteiger partial charge in [0.2, 0.25) is 0 Å². The Balaban J connectivity index is 2.04. The van der Waals surface area contributed by atoms with E-state index in [-0.39, 0.29) is 0 Å². The number of nitrogens with zero attached hydrogens (tertiary/aromatic N) is 1. The third kappa shape index (κ3) is 3.07. The minimum absolute atomic E-state index is 0.813. The normalized spacial score (nSPS) is 23.6. The monoisotopic (exact) mass is 187 g/mol. The molecule has 0 bridgehead atoms. The fourth-order valence-electron chi connectivity index (χ4n) is 1.30. The third-order valence-electron chi connectivity index (χ3n) is 2.04. The van der Waals surface area contributed by atoms with Crippen molar-refractivity contribution in [1.29, 1.82) is 0 Å². The van der Waals surface area contributed by atoms with Gasteiger partial charge in [0.1, 0.15) is 11.0 Å². The van der Waals surface area contributed by atoms with Crippen LogP contribution in [0, 0.1) is 0 Å². The summed E-state index contributed by atoms with van der Waals surface area (Å²) in [4.78, 5) is 0. The van der Waals surface area contributed by atoms with Crippen LogP contribution >= 0.6 is 0 Å². The first-order valence-corrected chi connectivity index (χ1v) is 5.84. The first-order chi connectivity index (χ1) is 5.84. The Kier molecular flexibility index (Phi) is 4.54. The second-order valence-electron chi connectivity index (χ2n) is 3.10. The summed E-state index contributed by atoms with van der Waals surface area (Å²) in [5, 5.41) is 1.78. The molecule has 0 aromatic carbocycles. The molecule has 1 unspecified atom stereocenters. The molecule has 70 valence electrons. The van der Waals surface area contributed by atoms with E-state index in [1.54, 1.807) is 5.41 Å². The molecule has 1 heterocycles. The molecule has 2 nitrogen and oxygen atoms in total. The highest BCUT2D eigenvalue weighted by Crippen LogP contribution is 2.08. The van der Waals surface area contributed by atoms with Crippen molar-refractivity contribution in [3.8, 4) is 0 Å². The zero-order valence-electron chi connectivity index (χ0n) is 7.66. The maximum absolute atomic E-state index is 11.2. The van der Waals surface area contributed by atoms with Crippen molar-refractivity contribution in [2.45, 2.75) is 32.6 Å². The molecule has 0 amide bonds. The van der Waals surface area contributed by atoms with Crippen LogP contribution in [-0.2, 0) is 11.0 Å².